The molecule has 1 aliphatic rings. The molecule has 0 unspecified atom stereocenters. The molecule has 1 aromatic carbocycles. The minimum absolute atomic E-state index is 0.0157. The summed E-state index contributed by atoms with van der Waals surface area (Å²) in [5.74, 6) is 0.866. The van der Waals surface area contributed by atoms with E-state index in [9.17, 15) is 8.42 Å². The van der Waals surface area contributed by atoms with Crippen molar-refractivity contribution in [1.82, 2.24) is 14.5 Å². The van der Waals surface area contributed by atoms with Crippen LogP contribution in [0.1, 0.15) is 44.5 Å². The van der Waals surface area contributed by atoms with Crippen LogP contribution >= 0.6 is 0 Å². The quantitative estimate of drug-likeness (QED) is 0.886. The van der Waals surface area contributed by atoms with Crippen LogP contribution in [-0.2, 0) is 16.4 Å². The lowest BCUT2D eigenvalue weighted by molar-refractivity contribution is 0.269. The maximum Gasteiger partial charge on any atom is 0.211 e. The molecule has 0 saturated carbocycles. The number of rotatable bonds is 5. The number of ether oxygens (including phenoxy) is 1. The van der Waals surface area contributed by atoms with Crippen LogP contribution < -0.4 is 9.46 Å². The van der Waals surface area contributed by atoms with Crippen molar-refractivity contribution in [2.45, 2.75) is 39.7 Å². The molecule has 1 N–H and O–H groups in total. The highest BCUT2D eigenvalue weighted by Crippen LogP contribution is 2.41. The lowest BCUT2D eigenvalue weighted by atomic mass is 9.74. The minimum Gasteiger partial charge on any atom is -0.497 e. The Balaban J connectivity index is 2.02. The molecule has 25 heavy (non-hydrogen) atoms. The second-order valence-corrected chi connectivity index (χ2v) is 9.32. The monoisotopic (exact) mass is 363 g/mol. The van der Waals surface area contributed by atoms with Gasteiger partial charge in [0.15, 0.2) is 0 Å². The van der Waals surface area contributed by atoms with Gasteiger partial charge in [0, 0.05) is 11.3 Å². The normalized spacial score (nSPS) is 19.4. The van der Waals surface area contributed by atoms with Gasteiger partial charge in [0.2, 0.25) is 10.0 Å². The van der Waals surface area contributed by atoms with Gasteiger partial charge in [-0.2, -0.15) is 5.10 Å². The summed E-state index contributed by atoms with van der Waals surface area (Å²) in [5.41, 5.74) is 2.95. The molecule has 7 heteroatoms. The van der Waals surface area contributed by atoms with Gasteiger partial charge in [-0.05, 0) is 49.4 Å². The van der Waals surface area contributed by atoms with Gasteiger partial charge in [-0.15, -0.1) is 0 Å². The molecule has 3 rings (SSSR count). The lowest BCUT2D eigenvalue weighted by Gasteiger charge is -2.35. The highest BCUT2D eigenvalue weighted by Gasteiger charge is 2.36. The Kier molecular flexibility index (Phi) is 4.64. The topological polar surface area (TPSA) is 73.2 Å². The van der Waals surface area contributed by atoms with Crippen molar-refractivity contribution in [3.63, 3.8) is 0 Å². The smallest absolute Gasteiger partial charge is 0.211 e. The van der Waals surface area contributed by atoms with E-state index < -0.39 is 10.0 Å². The third-order valence-electron chi connectivity index (χ3n) is 4.70. The molecule has 1 aliphatic carbocycles. The fourth-order valence-electron chi connectivity index (χ4n) is 3.39. The van der Waals surface area contributed by atoms with E-state index in [0.717, 1.165) is 35.5 Å². The van der Waals surface area contributed by atoms with Crippen molar-refractivity contribution >= 4 is 10.0 Å². The Morgan fingerprint density at radius 2 is 2.00 bits per heavy atom. The number of fused-ring (bicyclic) bond motifs is 1. The first-order chi connectivity index (χ1) is 11.7. The predicted octanol–water partition coefficient (Wildman–Crippen LogP) is 2.83. The maximum atomic E-state index is 12.1. The van der Waals surface area contributed by atoms with Crippen molar-refractivity contribution in [1.29, 1.82) is 0 Å². The van der Waals surface area contributed by atoms with E-state index in [1.165, 1.54) is 0 Å². The standard InChI is InChI=1S/C18H25N3O3S/c1-5-25(22,23)20-16-10-18(2,3)11-17-15(16)12-19-21(17)13-6-8-14(24-4)9-7-13/h6-9,12,16,20H,5,10-11H2,1-4H3/t16-/m0/s1. The van der Waals surface area contributed by atoms with Gasteiger partial charge in [-0.3, -0.25) is 0 Å². The first-order valence-electron chi connectivity index (χ1n) is 8.46. The Hall–Kier alpha value is -1.86. The van der Waals surface area contributed by atoms with Gasteiger partial charge in [-0.25, -0.2) is 17.8 Å². The fourth-order valence-corrected chi connectivity index (χ4v) is 4.20. The molecule has 2 aromatic rings. The fraction of sp³-hybridized carbons (Fsp3) is 0.500. The SMILES string of the molecule is CCS(=O)(=O)N[C@H]1CC(C)(C)Cc2c1cnn2-c1ccc(OC)cc1. The number of nitrogens with one attached hydrogen (secondary N) is 1. The Morgan fingerprint density at radius 3 is 2.60 bits per heavy atom. The number of benzene rings is 1. The van der Waals surface area contributed by atoms with Crippen molar-refractivity contribution in [3.8, 4) is 11.4 Å². The summed E-state index contributed by atoms with van der Waals surface area (Å²) in [4.78, 5) is 0. The molecule has 0 saturated heterocycles. The molecule has 0 spiro atoms. The van der Waals surface area contributed by atoms with Crippen LogP contribution in [0.25, 0.3) is 5.69 Å². The molecular formula is C18H25N3O3S. The van der Waals surface area contributed by atoms with Crippen molar-refractivity contribution < 1.29 is 13.2 Å². The second-order valence-electron chi connectivity index (χ2n) is 7.28. The van der Waals surface area contributed by atoms with Gasteiger partial charge in [-0.1, -0.05) is 13.8 Å². The van der Waals surface area contributed by atoms with Gasteiger partial charge < -0.3 is 4.74 Å². The van der Waals surface area contributed by atoms with Gasteiger partial charge in [0.25, 0.3) is 0 Å². The largest absolute Gasteiger partial charge is 0.497 e. The van der Waals surface area contributed by atoms with Crippen molar-refractivity contribution in [2.24, 2.45) is 5.41 Å². The molecule has 0 bridgehead atoms. The Bertz CT molecular complexity index is 854. The molecule has 1 aromatic heterocycles. The summed E-state index contributed by atoms with van der Waals surface area (Å²) in [6.45, 7) is 5.97. The average molecular weight is 363 g/mol. The van der Waals surface area contributed by atoms with Gasteiger partial charge in [0.1, 0.15) is 5.75 Å². The molecule has 0 amide bonds. The zero-order valence-corrected chi connectivity index (χ0v) is 15.9. The van der Waals surface area contributed by atoms with Crippen LogP contribution in [0.3, 0.4) is 0 Å². The molecule has 0 aliphatic heterocycles. The molecule has 0 radical (unpaired) electrons. The summed E-state index contributed by atoms with van der Waals surface area (Å²) < 4.78 is 34.1. The first kappa shape index (κ1) is 17.9. The van der Waals surface area contributed by atoms with Crippen LogP contribution in [0.2, 0.25) is 0 Å². The van der Waals surface area contributed by atoms with Gasteiger partial charge >= 0.3 is 0 Å². The number of methoxy groups -OCH3 is 1. The number of hydrogen-bond acceptors (Lipinski definition) is 4. The van der Waals surface area contributed by atoms with E-state index in [1.54, 1.807) is 20.2 Å². The zero-order chi connectivity index (χ0) is 18.2. The maximum absolute atomic E-state index is 12.1. The van der Waals surface area contributed by atoms with Crippen LogP contribution in [-0.4, -0.2) is 31.1 Å². The average Bonchev–Trinajstić information content (AvgIpc) is 2.97. The highest BCUT2D eigenvalue weighted by atomic mass is 32.2. The number of aromatic nitrogens is 2. The Labute approximate surface area is 149 Å². The molecule has 6 nitrogen and oxygen atoms in total. The van der Waals surface area contributed by atoms with E-state index in [4.69, 9.17) is 4.74 Å². The second kappa shape index (κ2) is 6.46. The number of sulfonamides is 1. The van der Waals surface area contributed by atoms with Crippen molar-refractivity contribution in [2.75, 3.05) is 12.9 Å². The van der Waals surface area contributed by atoms with Crippen LogP contribution in [0.4, 0.5) is 0 Å². The van der Waals surface area contributed by atoms with Crippen molar-refractivity contribution in [3.05, 3.63) is 41.7 Å². The third-order valence-corrected chi connectivity index (χ3v) is 6.10. The number of nitrogens with zero attached hydrogens (tertiary/aromatic N) is 2. The van der Waals surface area contributed by atoms with E-state index in [1.807, 2.05) is 28.9 Å². The van der Waals surface area contributed by atoms with E-state index in [2.05, 4.69) is 23.7 Å². The lowest BCUT2D eigenvalue weighted by Crippen LogP contribution is -2.37. The summed E-state index contributed by atoms with van der Waals surface area (Å²) in [6.07, 6.45) is 3.39. The first-order valence-corrected chi connectivity index (χ1v) is 10.1. The molecule has 0 fully saturated rings. The molecule has 1 atom stereocenters. The van der Waals surface area contributed by atoms with Crippen LogP contribution in [0, 0.1) is 5.41 Å². The third kappa shape index (κ3) is 3.72. The van der Waals surface area contributed by atoms with E-state index in [-0.39, 0.29) is 17.2 Å². The predicted molar refractivity (Wildman–Crippen MR) is 97.6 cm³/mol. The molecule has 1 heterocycles. The zero-order valence-electron chi connectivity index (χ0n) is 15.1. The summed E-state index contributed by atoms with van der Waals surface area (Å²) >= 11 is 0. The number of hydrogen-bond donors (Lipinski definition) is 1. The summed E-state index contributed by atoms with van der Waals surface area (Å²) in [7, 11) is -1.64. The van der Waals surface area contributed by atoms with E-state index >= 15 is 0 Å². The summed E-state index contributed by atoms with van der Waals surface area (Å²) in [6, 6.07) is 7.47. The Morgan fingerprint density at radius 1 is 1.32 bits per heavy atom. The minimum atomic E-state index is -3.28. The summed E-state index contributed by atoms with van der Waals surface area (Å²) in [5, 5.41) is 4.54. The van der Waals surface area contributed by atoms with Crippen LogP contribution in [0.5, 0.6) is 5.75 Å². The molecular weight excluding hydrogens is 338 g/mol. The molecule has 136 valence electrons. The highest BCUT2D eigenvalue weighted by molar-refractivity contribution is 7.89. The van der Waals surface area contributed by atoms with Gasteiger partial charge in [0.05, 0.1) is 30.8 Å². The van der Waals surface area contributed by atoms with E-state index in [0.29, 0.717) is 0 Å². The van der Waals surface area contributed by atoms with Crippen LogP contribution in [0.15, 0.2) is 30.5 Å².